The maximum Gasteiger partial charge on any atom is 0.227 e. The summed E-state index contributed by atoms with van der Waals surface area (Å²) in [7, 11) is 0. The van der Waals surface area contributed by atoms with E-state index in [2.05, 4.69) is 17.1 Å². The number of nitrogens with zero attached hydrogens (tertiary/aromatic N) is 1. The minimum absolute atomic E-state index is 0.0312. The van der Waals surface area contributed by atoms with E-state index >= 15 is 0 Å². The summed E-state index contributed by atoms with van der Waals surface area (Å²) in [5.41, 5.74) is 2.04. The Hall–Kier alpha value is -1.84. The second kappa shape index (κ2) is 8.70. The highest BCUT2D eigenvalue weighted by Gasteiger charge is 2.34. The van der Waals surface area contributed by atoms with Crippen molar-refractivity contribution in [3.05, 3.63) is 29.8 Å². The molecule has 2 aliphatic rings. The zero-order chi connectivity index (χ0) is 18.5. The molecular weight excluding hydrogens is 324 g/mol. The largest absolute Gasteiger partial charge is 0.339 e. The van der Waals surface area contributed by atoms with E-state index in [0.717, 1.165) is 57.2 Å². The van der Waals surface area contributed by atoms with Crippen molar-refractivity contribution in [3.8, 4) is 0 Å². The molecule has 1 saturated heterocycles. The summed E-state index contributed by atoms with van der Waals surface area (Å²) < 4.78 is 0. The van der Waals surface area contributed by atoms with E-state index in [4.69, 9.17) is 0 Å². The van der Waals surface area contributed by atoms with Crippen LogP contribution in [0.25, 0.3) is 0 Å². The van der Waals surface area contributed by atoms with Gasteiger partial charge in [-0.05, 0) is 70.4 Å². The van der Waals surface area contributed by atoms with Crippen molar-refractivity contribution in [2.75, 3.05) is 11.9 Å². The molecule has 1 N–H and O–H groups in total. The second-order valence-electron chi connectivity index (χ2n) is 7.99. The number of rotatable bonds is 4. The summed E-state index contributed by atoms with van der Waals surface area (Å²) in [6.45, 7) is 5.14. The quantitative estimate of drug-likeness (QED) is 0.861. The summed E-state index contributed by atoms with van der Waals surface area (Å²) >= 11 is 0. The molecule has 1 aromatic rings. The molecule has 0 spiro atoms. The molecule has 26 heavy (non-hydrogen) atoms. The molecule has 1 heterocycles. The van der Waals surface area contributed by atoms with Crippen molar-refractivity contribution in [3.63, 3.8) is 0 Å². The summed E-state index contributed by atoms with van der Waals surface area (Å²) in [4.78, 5) is 27.6. The Labute approximate surface area is 157 Å². The van der Waals surface area contributed by atoms with Crippen molar-refractivity contribution in [2.24, 2.45) is 11.8 Å². The highest BCUT2D eigenvalue weighted by Crippen LogP contribution is 2.33. The number of amides is 2. The number of hydrogen-bond donors (Lipinski definition) is 1. The number of anilines is 1. The van der Waals surface area contributed by atoms with Gasteiger partial charge < -0.3 is 10.2 Å². The van der Waals surface area contributed by atoms with Crippen molar-refractivity contribution in [1.29, 1.82) is 0 Å². The van der Waals surface area contributed by atoms with Gasteiger partial charge in [-0.2, -0.15) is 0 Å². The van der Waals surface area contributed by atoms with Gasteiger partial charge in [0.15, 0.2) is 0 Å². The van der Waals surface area contributed by atoms with Gasteiger partial charge in [0.1, 0.15) is 0 Å². The Bertz CT molecular complexity index is 618. The third-order valence-corrected chi connectivity index (χ3v) is 6.15. The number of piperidine rings is 1. The molecule has 1 saturated carbocycles. The van der Waals surface area contributed by atoms with E-state index in [-0.39, 0.29) is 17.7 Å². The topological polar surface area (TPSA) is 49.4 Å². The fraction of sp³-hybridized carbons (Fsp3) is 0.636. The van der Waals surface area contributed by atoms with Gasteiger partial charge in [-0.15, -0.1) is 0 Å². The van der Waals surface area contributed by atoms with Crippen LogP contribution in [0.15, 0.2) is 24.3 Å². The fourth-order valence-electron chi connectivity index (χ4n) is 4.43. The van der Waals surface area contributed by atoms with Crippen LogP contribution in [-0.2, 0) is 9.59 Å². The molecule has 2 fully saturated rings. The number of carbonyl (C=O) groups is 2. The zero-order valence-corrected chi connectivity index (χ0v) is 16.2. The van der Waals surface area contributed by atoms with E-state index in [1.54, 1.807) is 0 Å². The van der Waals surface area contributed by atoms with Crippen LogP contribution in [0.4, 0.5) is 5.69 Å². The predicted octanol–water partition coefficient (Wildman–Crippen LogP) is 4.53. The molecular formula is C22H32N2O2. The fourth-order valence-corrected chi connectivity index (χ4v) is 4.43. The van der Waals surface area contributed by atoms with Crippen molar-refractivity contribution in [2.45, 2.75) is 71.3 Å². The molecule has 1 aliphatic carbocycles. The molecule has 0 bridgehead atoms. The first-order valence-corrected chi connectivity index (χ1v) is 10.3. The van der Waals surface area contributed by atoms with Crippen molar-refractivity contribution in [1.82, 2.24) is 4.90 Å². The average Bonchev–Trinajstić information content (AvgIpc) is 2.69. The van der Waals surface area contributed by atoms with Gasteiger partial charge in [0.05, 0.1) is 0 Å². The van der Waals surface area contributed by atoms with Crippen LogP contribution in [0.3, 0.4) is 0 Å². The highest BCUT2D eigenvalue weighted by atomic mass is 16.2. The Morgan fingerprint density at radius 1 is 1.00 bits per heavy atom. The number of benzene rings is 1. The first-order chi connectivity index (χ1) is 12.6. The van der Waals surface area contributed by atoms with E-state index in [1.165, 1.54) is 12.0 Å². The van der Waals surface area contributed by atoms with Gasteiger partial charge in [0, 0.05) is 30.1 Å². The van der Waals surface area contributed by atoms with Crippen molar-refractivity contribution >= 4 is 17.5 Å². The lowest BCUT2D eigenvalue weighted by atomic mass is 9.80. The highest BCUT2D eigenvalue weighted by molar-refractivity contribution is 5.92. The van der Waals surface area contributed by atoms with Gasteiger partial charge in [-0.1, -0.05) is 24.6 Å². The number of carbonyl (C=O) groups excluding carboxylic acids is 2. The standard InChI is InChI=1S/C22H32N2O2/c1-3-20-6-4-5-15-24(20)22(26)18-11-9-17(10-12-18)21(25)23-19-13-7-16(2)8-14-19/h7-8,13-14,17-18,20H,3-6,9-12,15H2,1-2H3,(H,23,25). The first kappa shape index (κ1) is 18.9. The van der Waals surface area contributed by atoms with E-state index in [9.17, 15) is 9.59 Å². The normalized spacial score (nSPS) is 26.4. The molecule has 3 rings (SSSR count). The molecule has 1 atom stereocenters. The van der Waals surface area contributed by atoms with Gasteiger partial charge >= 0.3 is 0 Å². The van der Waals surface area contributed by atoms with Crippen LogP contribution in [0.1, 0.15) is 63.9 Å². The third-order valence-electron chi connectivity index (χ3n) is 6.15. The molecule has 2 amide bonds. The number of nitrogens with one attached hydrogen (secondary N) is 1. The van der Waals surface area contributed by atoms with Gasteiger partial charge in [0.2, 0.25) is 11.8 Å². The van der Waals surface area contributed by atoms with E-state index < -0.39 is 0 Å². The van der Waals surface area contributed by atoms with Crippen LogP contribution in [-0.4, -0.2) is 29.3 Å². The second-order valence-corrected chi connectivity index (χ2v) is 7.99. The summed E-state index contributed by atoms with van der Waals surface area (Å²) in [5, 5.41) is 3.03. The predicted molar refractivity (Wildman–Crippen MR) is 105 cm³/mol. The van der Waals surface area contributed by atoms with Gasteiger partial charge in [-0.25, -0.2) is 0 Å². The number of likely N-dealkylation sites (tertiary alicyclic amines) is 1. The maximum atomic E-state index is 12.9. The van der Waals surface area contributed by atoms with Crippen LogP contribution < -0.4 is 5.32 Å². The summed E-state index contributed by atoms with van der Waals surface area (Å²) in [5.74, 6) is 0.590. The smallest absolute Gasteiger partial charge is 0.227 e. The van der Waals surface area contributed by atoms with Gasteiger partial charge in [0.25, 0.3) is 0 Å². The Balaban J connectivity index is 1.51. The molecule has 4 nitrogen and oxygen atoms in total. The minimum atomic E-state index is 0.0312. The molecule has 1 unspecified atom stereocenters. The van der Waals surface area contributed by atoms with Crippen molar-refractivity contribution < 1.29 is 9.59 Å². The van der Waals surface area contributed by atoms with Gasteiger partial charge in [-0.3, -0.25) is 9.59 Å². The Morgan fingerprint density at radius 3 is 2.31 bits per heavy atom. The summed E-state index contributed by atoms with van der Waals surface area (Å²) in [6, 6.07) is 8.34. The molecule has 1 aromatic carbocycles. The van der Waals surface area contributed by atoms with Crippen LogP contribution in [0.5, 0.6) is 0 Å². The van der Waals surface area contributed by atoms with E-state index in [1.807, 2.05) is 31.2 Å². The lowest BCUT2D eigenvalue weighted by Gasteiger charge is -2.39. The molecule has 142 valence electrons. The number of aryl methyl sites for hydroxylation is 1. The lowest BCUT2D eigenvalue weighted by molar-refractivity contribution is -0.141. The molecule has 1 aliphatic heterocycles. The number of hydrogen-bond acceptors (Lipinski definition) is 2. The first-order valence-electron chi connectivity index (χ1n) is 10.3. The molecule has 0 aromatic heterocycles. The Kier molecular flexibility index (Phi) is 6.33. The maximum absolute atomic E-state index is 12.9. The third kappa shape index (κ3) is 4.46. The van der Waals surface area contributed by atoms with Crippen LogP contribution in [0.2, 0.25) is 0 Å². The SMILES string of the molecule is CCC1CCCCN1C(=O)C1CCC(C(=O)Nc2ccc(C)cc2)CC1. The average molecular weight is 357 g/mol. The van der Waals surface area contributed by atoms with Crippen LogP contribution >= 0.6 is 0 Å². The summed E-state index contributed by atoms with van der Waals surface area (Å²) in [6.07, 6.45) is 7.91. The van der Waals surface area contributed by atoms with Crippen LogP contribution in [0, 0.1) is 18.8 Å². The Morgan fingerprint density at radius 2 is 1.65 bits per heavy atom. The zero-order valence-electron chi connectivity index (χ0n) is 16.2. The minimum Gasteiger partial charge on any atom is -0.339 e. The lowest BCUT2D eigenvalue weighted by Crippen LogP contribution is -2.47. The molecule has 0 radical (unpaired) electrons. The molecule has 4 heteroatoms. The monoisotopic (exact) mass is 356 g/mol. The van der Waals surface area contributed by atoms with E-state index in [0.29, 0.717) is 11.9 Å².